The average molecular weight is 384 g/mol. The molecule has 1 aromatic carbocycles. The van der Waals surface area contributed by atoms with Crippen LogP contribution < -0.4 is 5.32 Å². The van der Waals surface area contributed by atoms with Gasteiger partial charge in [0.05, 0.1) is 0 Å². The molecular formula is C21H28N4O3. The van der Waals surface area contributed by atoms with Crippen molar-refractivity contribution in [2.75, 3.05) is 32.5 Å². The van der Waals surface area contributed by atoms with E-state index in [9.17, 15) is 9.59 Å². The molecule has 7 nitrogen and oxygen atoms in total. The van der Waals surface area contributed by atoms with Crippen molar-refractivity contribution in [3.05, 3.63) is 46.7 Å². The highest BCUT2D eigenvalue weighted by atomic mass is 16.4. The maximum absolute atomic E-state index is 12.6. The van der Waals surface area contributed by atoms with E-state index in [0.29, 0.717) is 30.4 Å². The summed E-state index contributed by atoms with van der Waals surface area (Å²) in [5, 5.41) is 2.97. The van der Waals surface area contributed by atoms with Gasteiger partial charge in [0.25, 0.3) is 5.91 Å². The van der Waals surface area contributed by atoms with Gasteiger partial charge in [0.1, 0.15) is 5.76 Å². The number of hydrogen-bond acceptors (Lipinski definition) is 4. The number of carbonyl (C=O) groups excluding carboxylic acids is 2. The van der Waals surface area contributed by atoms with Gasteiger partial charge in [0.2, 0.25) is 0 Å². The Morgan fingerprint density at radius 2 is 1.82 bits per heavy atom. The van der Waals surface area contributed by atoms with Crippen molar-refractivity contribution in [3.63, 3.8) is 0 Å². The van der Waals surface area contributed by atoms with Gasteiger partial charge in [-0.1, -0.05) is 6.07 Å². The van der Waals surface area contributed by atoms with Crippen molar-refractivity contribution in [2.45, 2.75) is 39.5 Å². The molecule has 150 valence electrons. The number of nitrogens with one attached hydrogen (secondary N) is 1. The molecule has 0 spiro atoms. The molecule has 1 aliphatic rings. The molecular weight excluding hydrogens is 356 g/mol. The summed E-state index contributed by atoms with van der Waals surface area (Å²) in [6.45, 7) is 7.09. The molecule has 1 saturated heterocycles. The molecule has 0 unspecified atom stereocenters. The maximum Gasteiger partial charge on any atom is 0.321 e. The van der Waals surface area contributed by atoms with E-state index in [1.807, 2.05) is 36.9 Å². The van der Waals surface area contributed by atoms with Crippen LogP contribution in [0.15, 0.2) is 22.6 Å². The SMILES string of the molecule is Cc1ccc(NC(=O)N2CCC(c3nc(C(=O)N(C)C)c(C)o3)CC2)cc1C. The van der Waals surface area contributed by atoms with Gasteiger partial charge < -0.3 is 19.5 Å². The molecule has 7 heteroatoms. The molecule has 0 atom stereocenters. The molecule has 0 radical (unpaired) electrons. The van der Waals surface area contributed by atoms with Crippen LogP contribution in [0.2, 0.25) is 0 Å². The van der Waals surface area contributed by atoms with Crippen LogP contribution in [0.4, 0.5) is 10.5 Å². The van der Waals surface area contributed by atoms with Crippen LogP contribution in [-0.4, -0.2) is 53.9 Å². The lowest BCUT2D eigenvalue weighted by Gasteiger charge is -2.30. The van der Waals surface area contributed by atoms with Gasteiger partial charge in [0.15, 0.2) is 11.6 Å². The summed E-state index contributed by atoms with van der Waals surface area (Å²) in [5.74, 6) is 1.10. The lowest BCUT2D eigenvalue weighted by molar-refractivity contribution is 0.0821. The number of urea groups is 1. The van der Waals surface area contributed by atoms with E-state index in [0.717, 1.165) is 24.1 Å². The Balaban J connectivity index is 1.60. The number of aryl methyl sites for hydroxylation is 3. The van der Waals surface area contributed by atoms with Crippen LogP contribution in [0, 0.1) is 20.8 Å². The molecule has 3 rings (SSSR count). The maximum atomic E-state index is 12.6. The van der Waals surface area contributed by atoms with E-state index >= 15 is 0 Å². The van der Waals surface area contributed by atoms with Crippen molar-refractivity contribution < 1.29 is 14.0 Å². The summed E-state index contributed by atoms with van der Waals surface area (Å²) in [6, 6.07) is 5.83. The second-order valence-electron chi connectivity index (χ2n) is 7.65. The number of hydrogen-bond donors (Lipinski definition) is 1. The van der Waals surface area contributed by atoms with Crippen LogP contribution in [0.25, 0.3) is 0 Å². The molecule has 1 aliphatic heterocycles. The van der Waals surface area contributed by atoms with Crippen LogP contribution >= 0.6 is 0 Å². The number of oxazole rings is 1. The van der Waals surface area contributed by atoms with E-state index in [1.54, 1.807) is 21.0 Å². The molecule has 1 N–H and O–H groups in total. The first kappa shape index (κ1) is 19.9. The zero-order valence-corrected chi connectivity index (χ0v) is 17.2. The van der Waals surface area contributed by atoms with Gasteiger partial charge in [-0.2, -0.15) is 0 Å². The quantitative estimate of drug-likeness (QED) is 0.875. The fourth-order valence-corrected chi connectivity index (χ4v) is 3.35. The van der Waals surface area contributed by atoms with Crippen molar-refractivity contribution in [1.82, 2.24) is 14.8 Å². The van der Waals surface area contributed by atoms with Crippen LogP contribution in [-0.2, 0) is 0 Å². The largest absolute Gasteiger partial charge is 0.445 e. The number of carbonyl (C=O) groups is 2. The van der Waals surface area contributed by atoms with E-state index < -0.39 is 0 Å². The minimum atomic E-state index is -0.155. The second-order valence-corrected chi connectivity index (χ2v) is 7.65. The number of likely N-dealkylation sites (tertiary alicyclic amines) is 1. The summed E-state index contributed by atoms with van der Waals surface area (Å²) >= 11 is 0. The highest BCUT2D eigenvalue weighted by Crippen LogP contribution is 2.29. The number of aromatic nitrogens is 1. The topological polar surface area (TPSA) is 78.7 Å². The van der Waals surface area contributed by atoms with Gasteiger partial charge in [-0.05, 0) is 56.9 Å². The fraction of sp³-hybridized carbons (Fsp3) is 0.476. The molecule has 28 heavy (non-hydrogen) atoms. The Bertz CT molecular complexity index is 880. The average Bonchev–Trinajstić information content (AvgIpc) is 3.05. The lowest BCUT2D eigenvalue weighted by Crippen LogP contribution is -2.40. The van der Waals surface area contributed by atoms with Crippen molar-refractivity contribution in [3.8, 4) is 0 Å². The Labute approximate surface area is 165 Å². The molecule has 2 aromatic rings. The smallest absolute Gasteiger partial charge is 0.321 e. The summed E-state index contributed by atoms with van der Waals surface area (Å²) in [4.78, 5) is 32.5. The first-order chi connectivity index (χ1) is 13.3. The van der Waals surface area contributed by atoms with E-state index in [4.69, 9.17) is 4.42 Å². The zero-order valence-electron chi connectivity index (χ0n) is 17.2. The third-order valence-corrected chi connectivity index (χ3v) is 5.31. The van der Waals surface area contributed by atoms with Crippen molar-refractivity contribution in [1.29, 1.82) is 0 Å². The highest BCUT2D eigenvalue weighted by Gasteiger charge is 2.29. The van der Waals surface area contributed by atoms with Gasteiger partial charge in [0, 0.05) is 38.8 Å². The third-order valence-electron chi connectivity index (χ3n) is 5.31. The molecule has 1 aromatic heterocycles. The normalized spacial score (nSPS) is 14.8. The van der Waals surface area contributed by atoms with Crippen molar-refractivity contribution >= 4 is 17.6 Å². The number of piperidine rings is 1. The van der Waals surface area contributed by atoms with Gasteiger partial charge in [-0.25, -0.2) is 9.78 Å². The molecule has 1 fully saturated rings. The molecule has 3 amide bonds. The zero-order chi connectivity index (χ0) is 20.4. The first-order valence-electron chi connectivity index (χ1n) is 9.58. The fourth-order valence-electron chi connectivity index (χ4n) is 3.35. The van der Waals surface area contributed by atoms with Crippen LogP contribution in [0.1, 0.15) is 52.0 Å². The monoisotopic (exact) mass is 384 g/mol. The third kappa shape index (κ3) is 4.18. The Hall–Kier alpha value is -2.83. The summed E-state index contributed by atoms with van der Waals surface area (Å²) in [5.41, 5.74) is 3.53. The van der Waals surface area contributed by atoms with E-state index in [-0.39, 0.29) is 17.9 Å². The number of amides is 3. The van der Waals surface area contributed by atoms with Gasteiger partial charge in [-0.15, -0.1) is 0 Å². The second kappa shape index (κ2) is 8.04. The number of nitrogens with zero attached hydrogens (tertiary/aromatic N) is 3. The Kier molecular flexibility index (Phi) is 5.72. The standard InChI is InChI=1S/C21H28N4O3/c1-13-6-7-17(12-14(13)2)22-21(27)25-10-8-16(9-11-25)19-23-18(15(3)28-19)20(26)24(4)5/h6-7,12,16H,8-11H2,1-5H3,(H,22,27). The van der Waals surface area contributed by atoms with E-state index in [1.165, 1.54) is 10.5 Å². The minimum Gasteiger partial charge on any atom is -0.445 e. The van der Waals surface area contributed by atoms with Crippen molar-refractivity contribution in [2.24, 2.45) is 0 Å². The Morgan fingerprint density at radius 3 is 2.43 bits per heavy atom. The minimum absolute atomic E-state index is 0.0891. The molecule has 2 heterocycles. The Morgan fingerprint density at radius 1 is 1.14 bits per heavy atom. The lowest BCUT2D eigenvalue weighted by atomic mass is 9.97. The predicted octanol–water partition coefficient (Wildman–Crippen LogP) is 3.71. The molecule has 0 aliphatic carbocycles. The number of benzene rings is 1. The van der Waals surface area contributed by atoms with E-state index in [2.05, 4.69) is 10.3 Å². The highest BCUT2D eigenvalue weighted by molar-refractivity contribution is 5.92. The number of rotatable bonds is 3. The molecule has 0 saturated carbocycles. The molecule has 0 bridgehead atoms. The van der Waals surface area contributed by atoms with Crippen LogP contribution in [0.5, 0.6) is 0 Å². The van der Waals surface area contributed by atoms with Crippen LogP contribution in [0.3, 0.4) is 0 Å². The summed E-state index contributed by atoms with van der Waals surface area (Å²) in [6.07, 6.45) is 1.52. The first-order valence-corrected chi connectivity index (χ1v) is 9.58. The summed E-state index contributed by atoms with van der Waals surface area (Å²) in [7, 11) is 3.39. The summed E-state index contributed by atoms with van der Waals surface area (Å²) < 4.78 is 5.76. The van der Waals surface area contributed by atoms with Gasteiger partial charge >= 0.3 is 6.03 Å². The number of anilines is 1. The predicted molar refractivity (Wildman–Crippen MR) is 108 cm³/mol. The van der Waals surface area contributed by atoms with Gasteiger partial charge in [-0.3, -0.25) is 4.79 Å².